The fraction of sp³-hybridized carbons (Fsp3) is 0.462. The lowest BCUT2D eigenvalue weighted by molar-refractivity contribution is -0.141. The number of pyridine rings is 1. The second-order valence-electron chi connectivity index (χ2n) is 9.83. The lowest BCUT2D eigenvalue weighted by atomic mass is 10.0. The summed E-state index contributed by atoms with van der Waals surface area (Å²) in [7, 11) is 0. The standard InChI is InChI=1S/C26H29F3N6O3S/c1-17-5-2-9-35(16-17)25-32-22(26(27,28)29)21(38-25)23(36)31-18-7-8-20(30-15-18)33-10-4-11-34(13-12-33)24(37)19-6-3-14-39-19/h3,6-8,14-15,17H,2,4-5,9-13,16H2,1H3,(H,31,36). The quantitative estimate of drug-likeness (QED) is 0.468. The minimum Gasteiger partial charge on any atom is -0.417 e. The van der Waals surface area contributed by atoms with E-state index in [1.165, 1.54) is 17.5 Å². The number of piperidine rings is 1. The van der Waals surface area contributed by atoms with Crippen molar-refractivity contribution in [1.82, 2.24) is 14.9 Å². The molecule has 5 heterocycles. The Balaban J connectivity index is 1.25. The number of rotatable bonds is 5. The summed E-state index contributed by atoms with van der Waals surface area (Å²) in [5.41, 5.74) is -1.12. The van der Waals surface area contributed by atoms with E-state index >= 15 is 0 Å². The van der Waals surface area contributed by atoms with E-state index in [4.69, 9.17) is 4.42 Å². The Morgan fingerprint density at radius 2 is 1.90 bits per heavy atom. The number of thiophene rings is 1. The average molecular weight is 563 g/mol. The molecule has 0 radical (unpaired) electrons. The second kappa shape index (κ2) is 11.2. The molecule has 0 aromatic carbocycles. The van der Waals surface area contributed by atoms with Crippen LogP contribution < -0.4 is 15.1 Å². The van der Waals surface area contributed by atoms with Gasteiger partial charge in [0.25, 0.3) is 17.8 Å². The van der Waals surface area contributed by atoms with Crippen molar-refractivity contribution in [2.45, 2.75) is 32.4 Å². The van der Waals surface area contributed by atoms with E-state index < -0.39 is 23.5 Å². The van der Waals surface area contributed by atoms with Crippen LogP contribution in [0, 0.1) is 5.92 Å². The van der Waals surface area contributed by atoms with Crippen molar-refractivity contribution in [1.29, 1.82) is 0 Å². The van der Waals surface area contributed by atoms with Gasteiger partial charge in [0.2, 0.25) is 5.76 Å². The molecule has 2 saturated heterocycles. The van der Waals surface area contributed by atoms with Crippen LogP contribution >= 0.6 is 11.3 Å². The molecule has 2 aliphatic rings. The van der Waals surface area contributed by atoms with Crippen LogP contribution in [-0.2, 0) is 6.18 Å². The van der Waals surface area contributed by atoms with Crippen molar-refractivity contribution in [3.8, 4) is 0 Å². The number of hydrogen-bond acceptors (Lipinski definition) is 8. The Morgan fingerprint density at radius 1 is 1.08 bits per heavy atom. The number of carbonyl (C=O) groups is 2. The van der Waals surface area contributed by atoms with Gasteiger partial charge in [0.1, 0.15) is 5.82 Å². The topological polar surface area (TPSA) is 94.8 Å². The Labute approximate surface area is 227 Å². The van der Waals surface area contributed by atoms with Crippen LogP contribution in [0.5, 0.6) is 0 Å². The Morgan fingerprint density at radius 3 is 2.59 bits per heavy atom. The highest BCUT2D eigenvalue weighted by molar-refractivity contribution is 7.12. The lowest BCUT2D eigenvalue weighted by Crippen LogP contribution is -2.35. The molecule has 39 heavy (non-hydrogen) atoms. The molecular formula is C26H29F3N6O3S. The molecule has 0 saturated carbocycles. The van der Waals surface area contributed by atoms with Gasteiger partial charge in [-0.15, -0.1) is 11.3 Å². The molecule has 9 nitrogen and oxygen atoms in total. The maximum atomic E-state index is 13.7. The zero-order valence-electron chi connectivity index (χ0n) is 21.4. The van der Waals surface area contributed by atoms with E-state index in [2.05, 4.69) is 15.3 Å². The molecule has 2 fully saturated rings. The summed E-state index contributed by atoms with van der Waals surface area (Å²) in [6.45, 7) is 5.50. The summed E-state index contributed by atoms with van der Waals surface area (Å²) in [4.78, 5) is 39.8. The minimum atomic E-state index is -4.84. The zero-order chi connectivity index (χ0) is 27.6. The van der Waals surface area contributed by atoms with E-state index in [0.29, 0.717) is 50.0 Å². The number of nitrogens with one attached hydrogen (secondary N) is 1. The van der Waals surface area contributed by atoms with Crippen molar-refractivity contribution < 1.29 is 27.2 Å². The molecule has 5 rings (SSSR count). The number of oxazole rings is 1. The molecule has 2 aliphatic heterocycles. The van der Waals surface area contributed by atoms with Gasteiger partial charge in [-0.25, -0.2) is 4.98 Å². The molecule has 1 atom stereocenters. The number of aromatic nitrogens is 2. The summed E-state index contributed by atoms with van der Waals surface area (Å²) >= 11 is 1.42. The van der Waals surface area contributed by atoms with Gasteiger partial charge in [-0.1, -0.05) is 13.0 Å². The number of amides is 2. The smallest absolute Gasteiger partial charge is 0.417 e. The monoisotopic (exact) mass is 562 g/mol. The number of hydrogen-bond donors (Lipinski definition) is 1. The van der Waals surface area contributed by atoms with Crippen molar-refractivity contribution in [3.63, 3.8) is 0 Å². The normalized spacial score (nSPS) is 18.7. The third-order valence-electron chi connectivity index (χ3n) is 6.86. The molecular weight excluding hydrogens is 533 g/mol. The van der Waals surface area contributed by atoms with Crippen LogP contribution in [-0.4, -0.2) is 66.0 Å². The maximum Gasteiger partial charge on any atom is 0.437 e. The average Bonchev–Trinajstić information content (AvgIpc) is 3.55. The molecule has 1 unspecified atom stereocenters. The highest BCUT2D eigenvalue weighted by atomic mass is 32.1. The van der Waals surface area contributed by atoms with Gasteiger partial charge in [-0.05, 0) is 48.8 Å². The summed E-state index contributed by atoms with van der Waals surface area (Å²) in [5, 5.41) is 4.33. The number of alkyl halides is 3. The first-order valence-corrected chi connectivity index (χ1v) is 13.7. The summed E-state index contributed by atoms with van der Waals surface area (Å²) in [6.07, 6.45) is -0.902. The molecule has 0 aliphatic carbocycles. The Hall–Kier alpha value is -3.61. The molecule has 0 bridgehead atoms. The van der Waals surface area contributed by atoms with Gasteiger partial charge in [0, 0.05) is 39.3 Å². The van der Waals surface area contributed by atoms with Crippen LogP contribution in [0.25, 0.3) is 0 Å². The van der Waals surface area contributed by atoms with Crippen LogP contribution in [0.1, 0.15) is 52.1 Å². The highest BCUT2D eigenvalue weighted by Gasteiger charge is 2.42. The number of halogens is 3. The Bertz CT molecular complexity index is 1300. The summed E-state index contributed by atoms with van der Waals surface area (Å²) in [6, 6.07) is 6.75. The SMILES string of the molecule is CC1CCCN(c2nc(C(F)(F)F)c(C(=O)Nc3ccc(N4CCCN(C(=O)c5cccs5)CC4)nc3)o2)C1. The molecule has 13 heteroatoms. The van der Waals surface area contributed by atoms with Crippen LogP contribution in [0.4, 0.5) is 30.7 Å². The second-order valence-corrected chi connectivity index (χ2v) is 10.8. The largest absolute Gasteiger partial charge is 0.437 e. The molecule has 1 N–H and O–H groups in total. The number of nitrogens with zero attached hydrogens (tertiary/aromatic N) is 5. The van der Waals surface area contributed by atoms with Crippen molar-refractivity contribution in [2.75, 3.05) is 54.4 Å². The van der Waals surface area contributed by atoms with Crippen molar-refractivity contribution in [3.05, 3.63) is 52.2 Å². The van der Waals surface area contributed by atoms with Gasteiger partial charge >= 0.3 is 6.18 Å². The number of carbonyl (C=O) groups excluding carboxylic acids is 2. The van der Waals surface area contributed by atoms with Gasteiger partial charge in [0.15, 0.2) is 5.69 Å². The van der Waals surface area contributed by atoms with E-state index in [9.17, 15) is 22.8 Å². The molecule has 0 spiro atoms. The fourth-order valence-corrected chi connectivity index (χ4v) is 5.58. The summed E-state index contributed by atoms with van der Waals surface area (Å²) < 4.78 is 46.4. The van der Waals surface area contributed by atoms with Crippen LogP contribution in [0.15, 0.2) is 40.3 Å². The van der Waals surface area contributed by atoms with Gasteiger partial charge in [0.05, 0.1) is 16.8 Å². The van der Waals surface area contributed by atoms with E-state index in [1.54, 1.807) is 17.0 Å². The van der Waals surface area contributed by atoms with Crippen molar-refractivity contribution >= 4 is 40.7 Å². The third-order valence-corrected chi connectivity index (χ3v) is 7.72. The first-order valence-electron chi connectivity index (χ1n) is 12.9. The third kappa shape index (κ3) is 6.18. The van der Waals surface area contributed by atoms with Gasteiger partial charge in [-0.2, -0.15) is 18.2 Å². The van der Waals surface area contributed by atoms with Gasteiger partial charge in [-0.3, -0.25) is 9.59 Å². The molecule has 3 aromatic heterocycles. The molecule has 208 valence electrons. The fourth-order valence-electron chi connectivity index (χ4n) is 4.89. The highest BCUT2D eigenvalue weighted by Crippen LogP contribution is 2.35. The first kappa shape index (κ1) is 27.0. The number of anilines is 3. The van der Waals surface area contributed by atoms with Crippen molar-refractivity contribution in [2.24, 2.45) is 5.92 Å². The molecule has 2 amide bonds. The van der Waals surface area contributed by atoms with Gasteiger partial charge < -0.3 is 24.4 Å². The minimum absolute atomic E-state index is 0.0152. The van der Waals surface area contributed by atoms with E-state index in [-0.39, 0.29) is 23.5 Å². The van der Waals surface area contributed by atoms with E-state index in [1.807, 2.05) is 34.2 Å². The Kier molecular flexibility index (Phi) is 7.78. The summed E-state index contributed by atoms with van der Waals surface area (Å²) in [5.74, 6) is -0.964. The predicted octanol–water partition coefficient (Wildman–Crippen LogP) is 4.99. The maximum absolute atomic E-state index is 13.7. The predicted molar refractivity (Wildman–Crippen MR) is 141 cm³/mol. The lowest BCUT2D eigenvalue weighted by Gasteiger charge is -2.29. The first-order chi connectivity index (χ1) is 18.7. The molecule has 3 aromatic rings. The van der Waals surface area contributed by atoms with Crippen LogP contribution in [0.2, 0.25) is 0 Å². The van der Waals surface area contributed by atoms with E-state index in [0.717, 1.165) is 19.3 Å². The zero-order valence-corrected chi connectivity index (χ0v) is 22.2. The van der Waals surface area contributed by atoms with Crippen LogP contribution in [0.3, 0.4) is 0 Å².